The van der Waals surface area contributed by atoms with Crippen LogP contribution in [0.3, 0.4) is 0 Å². The lowest BCUT2D eigenvalue weighted by molar-refractivity contribution is 0.223. The van der Waals surface area contributed by atoms with Gasteiger partial charge in [0.1, 0.15) is 12.4 Å². The van der Waals surface area contributed by atoms with Gasteiger partial charge in [-0.15, -0.1) is 0 Å². The molecule has 0 amide bonds. The average molecular weight is 321 g/mol. The fourth-order valence-electron chi connectivity index (χ4n) is 2.14. The van der Waals surface area contributed by atoms with Crippen LogP contribution in [0.25, 0.3) is 5.69 Å². The first-order chi connectivity index (χ1) is 11.2. The Labute approximate surface area is 135 Å². The summed E-state index contributed by atoms with van der Waals surface area (Å²) >= 11 is 0. The molecule has 0 unspecified atom stereocenters. The third-order valence-corrected chi connectivity index (χ3v) is 3.43. The largest absolute Gasteiger partial charge is 0.492 e. The van der Waals surface area contributed by atoms with E-state index < -0.39 is 5.76 Å². The highest BCUT2D eigenvalue weighted by Crippen LogP contribution is 2.16. The van der Waals surface area contributed by atoms with Gasteiger partial charge in [-0.3, -0.25) is 0 Å². The second-order valence-corrected chi connectivity index (χ2v) is 4.85. The van der Waals surface area contributed by atoms with Gasteiger partial charge in [0.2, 0.25) is 0 Å². The summed E-state index contributed by atoms with van der Waals surface area (Å²) in [6.07, 6.45) is -0.0367. The van der Waals surface area contributed by atoms with Crippen molar-refractivity contribution in [3.8, 4) is 17.5 Å². The molecule has 0 fully saturated rings. The van der Waals surface area contributed by atoms with Crippen LogP contribution in [-0.2, 0) is 0 Å². The van der Waals surface area contributed by atoms with E-state index in [0.717, 1.165) is 24.3 Å². The number of aromatic nitrogens is 2. The van der Waals surface area contributed by atoms with Gasteiger partial charge in [-0.25, -0.2) is 4.79 Å². The number of benzene rings is 1. The highest BCUT2D eigenvalue weighted by molar-refractivity contribution is 5.38. The van der Waals surface area contributed by atoms with Crippen LogP contribution in [0, 0.1) is 0 Å². The van der Waals surface area contributed by atoms with Gasteiger partial charge in [0.25, 0.3) is 0 Å². The molecule has 7 heteroatoms. The van der Waals surface area contributed by atoms with Gasteiger partial charge in [0.05, 0.1) is 12.3 Å². The van der Waals surface area contributed by atoms with E-state index >= 15 is 0 Å². The Kier molecular flexibility index (Phi) is 6.22. The Morgan fingerprint density at radius 3 is 2.70 bits per heavy atom. The number of hydrogen-bond donors (Lipinski definition) is 0. The van der Waals surface area contributed by atoms with Gasteiger partial charge < -0.3 is 18.8 Å². The van der Waals surface area contributed by atoms with Crippen LogP contribution in [0.1, 0.15) is 20.8 Å². The van der Waals surface area contributed by atoms with Crippen molar-refractivity contribution in [1.82, 2.24) is 14.7 Å². The Morgan fingerprint density at radius 2 is 2.00 bits per heavy atom. The lowest BCUT2D eigenvalue weighted by atomic mass is 10.3. The molecule has 2 rings (SSSR count). The minimum atomic E-state index is -0.589. The Morgan fingerprint density at radius 1 is 1.22 bits per heavy atom. The average Bonchev–Trinajstić information content (AvgIpc) is 2.93. The summed E-state index contributed by atoms with van der Waals surface area (Å²) < 4.78 is 16.9. The molecular weight excluding hydrogens is 298 g/mol. The van der Waals surface area contributed by atoms with Gasteiger partial charge in [-0.2, -0.15) is 4.68 Å². The second kappa shape index (κ2) is 8.38. The molecule has 0 N–H and O–H groups in total. The summed E-state index contributed by atoms with van der Waals surface area (Å²) in [4.78, 5) is 14.1. The van der Waals surface area contributed by atoms with Crippen LogP contribution in [0.15, 0.2) is 33.5 Å². The van der Waals surface area contributed by atoms with Crippen molar-refractivity contribution in [2.45, 2.75) is 20.8 Å². The number of ether oxygens (including phenoxy) is 2. The van der Waals surface area contributed by atoms with Crippen molar-refractivity contribution in [1.29, 1.82) is 0 Å². The molecule has 0 saturated carbocycles. The van der Waals surface area contributed by atoms with E-state index in [9.17, 15) is 4.79 Å². The van der Waals surface area contributed by atoms with Crippen LogP contribution >= 0.6 is 0 Å². The number of hydrogen-bond acceptors (Lipinski definition) is 6. The summed E-state index contributed by atoms with van der Waals surface area (Å²) in [5.41, 5.74) is 0.574. The third kappa shape index (κ3) is 4.59. The summed E-state index contributed by atoms with van der Waals surface area (Å²) in [6.45, 7) is 9.85. The molecule has 7 nitrogen and oxygen atoms in total. The second-order valence-electron chi connectivity index (χ2n) is 4.85. The fraction of sp³-hybridized carbons (Fsp3) is 0.500. The van der Waals surface area contributed by atoms with E-state index in [1.165, 1.54) is 0 Å². The first kappa shape index (κ1) is 17.1. The maximum absolute atomic E-state index is 11.8. The predicted molar refractivity (Wildman–Crippen MR) is 86.6 cm³/mol. The molecule has 2 aromatic rings. The van der Waals surface area contributed by atoms with Crippen molar-refractivity contribution in [3.63, 3.8) is 0 Å². The van der Waals surface area contributed by atoms with E-state index in [-0.39, 0.29) is 6.08 Å². The van der Waals surface area contributed by atoms with Crippen LogP contribution in [0.2, 0.25) is 0 Å². The van der Waals surface area contributed by atoms with Gasteiger partial charge in [0, 0.05) is 12.6 Å². The molecule has 1 heterocycles. The molecule has 23 heavy (non-hydrogen) atoms. The van der Waals surface area contributed by atoms with E-state index in [1.54, 1.807) is 19.1 Å². The molecule has 0 aliphatic carbocycles. The van der Waals surface area contributed by atoms with E-state index in [1.807, 2.05) is 12.1 Å². The molecule has 0 bridgehead atoms. The Balaban J connectivity index is 2.06. The quantitative estimate of drug-likeness (QED) is 0.703. The first-order valence-electron chi connectivity index (χ1n) is 7.86. The van der Waals surface area contributed by atoms with Crippen molar-refractivity contribution in [3.05, 3.63) is 34.8 Å². The number of nitrogens with zero attached hydrogens (tertiary/aromatic N) is 3. The van der Waals surface area contributed by atoms with Crippen molar-refractivity contribution in [2.75, 3.05) is 32.8 Å². The number of rotatable bonds is 9. The van der Waals surface area contributed by atoms with Crippen LogP contribution < -0.4 is 15.2 Å². The minimum absolute atomic E-state index is 0.0367. The SMILES string of the molecule is CCOc1nn(-c2cccc(OCCN(CC)CC)c2)c(=O)o1. The Bertz CT molecular complexity index is 661. The normalized spacial score (nSPS) is 11.0. The van der Waals surface area contributed by atoms with Crippen molar-refractivity contribution in [2.24, 2.45) is 0 Å². The summed E-state index contributed by atoms with van der Waals surface area (Å²) in [7, 11) is 0. The maximum Gasteiger partial charge on any atom is 0.444 e. The van der Waals surface area contributed by atoms with Gasteiger partial charge in [0.15, 0.2) is 0 Å². The minimum Gasteiger partial charge on any atom is -0.492 e. The molecule has 0 atom stereocenters. The molecule has 1 aromatic carbocycles. The van der Waals surface area contributed by atoms with Crippen molar-refractivity contribution < 1.29 is 13.9 Å². The lowest BCUT2D eigenvalue weighted by Gasteiger charge is -2.18. The van der Waals surface area contributed by atoms with Gasteiger partial charge in [-0.05, 0) is 32.1 Å². The van der Waals surface area contributed by atoms with E-state index in [4.69, 9.17) is 13.9 Å². The first-order valence-corrected chi connectivity index (χ1v) is 7.86. The molecule has 0 aliphatic rings. The highest BCUT2D eigenvalue weighted by atomic mass is 16.6. The zero-order valence-corrected chi connectivity index (χ0v) is 13.8. The lowest BCUT2D eigenvalue weighted by Crippen LogP contribution is -2.27. The molecule has 1 aromatic heterocycles. The maximum atomic E-state index is 11.8. The molecule has 0 spiro atoms. The molecule has 0 aliphatic heterocycles. The van der Waals surface area contributed by atoms with Crippen LogP contribution in [-0.4, -0.2) is 47.5 Å². The van der Waals surface area contributed by atoms with Gasteiger partial charge in [-0.1, -0.05) is 25.0 Å². The Hall–Kier alpha value is -2.28. The highest BCUT2D eigenvalue weighted by Gasteiger charge is 2.11. The standard InChI is InChI=1S/C16H23N3O4/c1-4-18(5-2)10-11-22-14-9-7-8-13(12-14)19-16(20)23-15(17-19)21-6-3/h7-9,12H,4-6,10-11H2,1-3H3. The van der Waals surface area contributed by atoms with E-state index in [0.29, 0.717) is 24.7 Å². The van der Waals surface area contributed by atoms with Crippen LogP contribution in [0.4, 0.5) is 0 Å². The molecule has 126 valence electrons. The zero-order valence-electron chi connectivity index (χ0n) is 13.8. The summed E-state index contributed by atoms with van der Waals surface area (Å²) in [5.74, 6) is 0.0938. The molecule has 0 radical (unpaired) electrons. The summed E-state index contributed by atoms with van der Waals surface area (Å²) in [5, 5.41) is 4.00. The monoisotopic (exact) mass is 321 g/mol. The third-order valence-electron chi connectivity index (χ3n) is 3.43. The smallest absolute Gasteiger partial charge is 0.444 e. The van der Waals surface area contributed by atoms with Crippen LogP contribution in [0.5, 0.6) is 11.8 Å². The summed E-state index contributed by atoms with van der Waals surface area (Å²) in [6, 6.07) is 7.17. The molecular formula is C16H23N3O4. The van der Waals surface area contributed by atoms with E-state index in [2.05, 4.69) is 23.8 Å². The predicted octanol–water partition coefficient (Wildman–Crippen LogP) is 1.94. The topological polar surface area (TPSA) is 69.7 Å². The number of likely N-dealkylation sites (N-methyl/N-ethyl adjacent to an activating group) is 1. The zero-order chi connectivity index (χ0) is 16.7. The van der Waals surface area contributed by atoms with Gasteiger partial charge >= 0.3 is 11.8 Å². The fourth-order valence-corrected chi connectivity index (χ4v) is 2.14. The van der Waals surface area contributed by atoms with Crippen molar-refractivity contribution >= 4 is 0 Å². The molecule has 0 saturated heterocycles.